The number of esters is 1. The molecule has 162 valence electrons. The molecule has 1 aromatic carbocycles. The molecule has 0 aliphatic carbocycles. The van der Waals surface area contributed by atoms with Crippen LogP contribution in [0.5, 0.6) is 5.75 Å². The summed E-state index contributed by atoms with van der Waals surface area (Å²) in [5.74, 6) is 0.282. The van der Waals surface area contributed by atoms with Crippen molar-refractivity contribution in [1.82, 2.24) is 20.4 Å². The lowest BCUT2D eigenvalue weighted by molar-refractivity contribution is -0.139. The van der Waals surface area contributed by atoms with Crippen molar-refractivity contribution in [2.75, 3.05) is 53.0 Å². The van der Waals surface area contributed by atoms with E-state index in [9.17, 15) is 9.59 Å². The minimum absolute atomic E-state index is 0.263. The summed E-state index contributed by atoms with van der Waals surface area (Å²) in [6, 6.07) is 6.40. The van der Waals surface area contributed by atoms with E-state index in [1.54, 1.807) is 14.0 Å². The number of nitrogens with one attached hydrogen (secondary N) is 2. The van der Waals surface area contributed by atoms with Gasteiger partial charge in [-0.05, 0) is 24.6 Å². The summed E-state index contributed by atoms with van der Waals surface area (Å²) < 4.78 is 10.5. The van der Waals surface area contributed by atoms with Crippen LogP contribution in [0.1, 0.15) is 18.5 Å². The van der Waals surface area contributed by atoms with Gasteiger partial charge in [0.25, 0.3) is 0 Å². The Hall–Kier alpha value is -2.84. The fourth-order valence-corrected chi connectivity index (χ4v) is 3.78. The molecule has 8 nitrogen and oxygen atoms in total. The maximum Gasteiger partial charge on any atom is 0.338 e. The molecule has 3 rings (SSSR count). The minimum atomic E-state index is -0.583. The molecule has 0 spiro atoms. The molecule has 0 saturated carbocycles. The van der Waals surface area contributed by atoms with E-state index < -0.39 is 12.0 Å². The Morgan fingerprint density at radius 3 is 2.47 bits per heavy atom. The maximum atomic E-state index is 12.9. The van der Waals surface area contributed by atoms with E-state index in [1.165, 1.54) is 0 Å². The molecule has 0 aromatic heterocycles. The normalized spacial score (nSPS) is 20.3. The number of ether oxygens (including phenoxy) is 2. The largest absolute Gasteiger partial charge is 0.497 e. The van der Waals surface area contributed by atoms with Gasteiger partial charge >= 0.3 is 12.0 Å². The lowest BCUT2D eigenvalue weighted by Crippen LogP contribution is -2.51. The zero-order valence-electron chi connectivity index (χ0n) is 17.6. The van der Waals surface area contributed by atoms with Crippen LogP contribution in [0.2, 0.25) is 0 Å². The van der Waals surface area contributed by atoms with E-state index in [2.05, 4.69) is 27.0 Å². The van der Waals surface area contributed by atoms with Crippen LogP contribution in [0.4, 0.5) is 4.79 Å². The lowest BCUT2D eigenvalue weighted by atomic mass is 9.94. The van der Waals surface area contributed by atoms with Crippen molar-refractivity contribution in [1.29, 1.82) is 0 Å². The standard InChI is InChI=1S/C22H30N4O4/c1-4-10-25-11-13-26(14-12-25)15-18-19(21(27)30-5-2)20(24-22(28)23-18)16-6-8-17(29-3)9-7-16/h4,6-9,20H,1,5,10-15H2,2-3H3,(H2,23,24,28)/t20-/m0/s1. The molecule has 2 heterocycles. The number of methoxy groups -OCH3 is 1. The van der Waals surface area contributed by atoms with E-state index in [0.717, 1.165) is 38.3 Å². The second-order valence-electron chi connectivity index (χ2n) is 7.28. The second-order valence-corrected chi connectivity index (χ2v) is 7.28. The molecule has 2 N–H and O–H groups in total. The number of carbonyl (C=O) groups excluding carboxylic acids is 2. The number of carbonyl (C=O) groups is 2. The summed E-state index contributed by atoms with van der Waals surface area (Å²) in [6.07, 6.45) is 1.91. The molecule has 2 aliphatic rings. The first-order valence-corrected chi connectivity index (χ1v) is 10.2. The van der Waals surface area contributed by atoms with Crippen LogP contribution < -0.4 is 15.4 Å². The summed E-state index contributed by atoms with van der Waals surface area (Å²) in [7, 11) is 1.60. The van der Waals surface area contributed by atoms with Gasteiger partial charge in [-0.3, -0.25) is 9.80 Å². The predicted octanol–water partition coefficient (Wildman–Crippen LogP) is 1.67. The smallest absolute Gasteiger partial charge is 0.338 e. The average molecular weight is 415 g/mol. The maximum absolute atomic E-state index is 12.9. The van der Waals surface area contributed by atoms with Gasteiger partial charge in [0.15, 0.2) is 0 Å². The molecule has 0 bridgehead atoms. The van der Waals surface area contributed by atoms with Gasteiger partial charge in [0.1, 0.15) is 5.75 Å². The van der Waals surface area contributed by atoms with Gasteiger partial charge in [-0.1, -0.05) is 18.2 Å². The summed E-state index contributed by atoms with van der Waals surface area (Å²) in [5.41, 5.74) is 1.83. The third kappa shape index (κ3) is 5.20. The fraction of sp³-hybridized carbons (Fsp3) is 0.455. The van der Waals surface area contributed by atoms with Gasteiger partial charge in [-0.25, -0.2) is 9.59 Å². The first-order valence-electron chi connectivity index (χ1n) is 10.2. The molecule has 2 aliphatic heterocycles. The van der Waals surface area contributed by atoms with Gasteiger partial charge in [0.05, 0.1) is 25.3 Å². The van der Waals surface area contributed by atoms with Crippen molar-refractivity contribution in [2.45, 2.75) is 13.0 Å². The molecule has 0 unspecified atom stereocenters. The topological polar surface area (TPSA) is 83.1 Å². The van der Waals surface area contributed by atoms with Crippen molar-refractivity contribution < 1.29 is 19.1 Å². The van der Waals surface area contributed by atoms with Crippen LogP contribution in [0.25, 0.3) is 0 Å². The van der Waals surface area contributed by atoms with Gasteiger partial charge < -0.3 is 20.1 Å². The number of nitrogens with zero attached hydrogens (tertiary/aromatic N) is 2. The van der Waals surface area contributed by atoms with Crippen molar-refractivity contribution in [3.63, 3.8) is 0 Å². The van der Waals surface area contributed by atoms with Crippen molar-refractivity contribution in [3.8, 4) is 5.75 Å². The Morgan fingerprint density at radius 1 is 1.20 bits per heavy atom. The number of hydrogen-bond donors (Lipinski definition) is 2. The quantitative estimate of drug-likeness (QED) is 0.497. The van der Waals surface area contributed by atoms with Crippen LogP contribution in [0.15, 0.2) is 48.2 Å². The summed E-state index contributed by atoms with van der Waals surface area (Å²) >= 11 is 0. The van der Waals surface area contributed by atoms with E-state index in [4.69, 9.17) is 9.47 Å². The van der Waals surface area contributed by atoms with E-state index in [1.807, 2.05) is 30.3 Å². The fourth-order valence-electron chi connectivity index (χ4n) is 3.78. The van der Waals surface area contributed by atoms with E-state index in [0.29, 0.717) is 23.6 Å². The molecule has 8 heteroatoms. The highest BCUT2D eigenvalue weighted by molar-refractivity contribution is 5.95. The number of benzene rings is 1. The van der Waals surface area contributed by atoms with Gasteiger partial charge in [0.2, 0.25) is 0 Å². The summed E-state index contributed by atoms with van der Waals surface area (Å²) in [4.78, 5) is 29.8. The molecular weight excluding hydrogens is 384 g/mol. The predicted molar refractivity (Wildman–Crippen MR) is 114 cm³/mol. The second kappa shape index (κ2) is 10.3. The van der Waals surface area contributed by atoms with Crippen molar-refractivity contribution in [2.24, 2.45) is 0 Å². The van der Waals surface area contributed by atoms with Crippen LogP contribution in [0, 0.1) is 0 Å². The molecule has 1 fully saturated rings. The zero-order chi connectivity index (χ0) is 21.5. The number of piperazine rings is 1. The van der Waals surface area contributed by atoms with Crippen molar-refractivity contribution >= 4 is 12.0 Å². The number of hydrogen-bond acceptors (Lipinski definition) is 6. The molecule has 0 radical (unpaired) electrons. The first-order chi connectivity index (χ1) is 14.5. The summed E-state index contributed by atoms with van der Waals surface area (Å²) in [5, 5.41) is 5.71. The number of amides is 2. The van der Waals surface area contributed by atoms with E-state index in [-0.39, 0.29) is 12.6 Å². The minimum Gasteiger partial charge on any atom is -0.497 e. The monoisotopic (exact) mass is 414 g/mol. The summed E-state index contributed by atoms with van der Waals surface area (Å²) in [6.45, 7) is 10.7. The zero-order valence-corrected chi connectivity index (χ0v) is 17.6. The highest BCUT2D eigenvalue weighted by Crippen LogP contribution is 2.29. The van der Waals surface area contributed by atoms with Crippen LogP contribution in [-0.2, 0) is 9.53 Å². The number of rotatable bonds is 8. The molecule has 1 atom stereocenters. The highest BCUT2D eigenvalue weighted by Gasteiger charge is 2.34. The number of urea groups is 1. The Morgan fingerprint density at radius 2 is 1.87 bits per heavy atom. The Kier molecular flexibility index (Phi) is 7.48. The Balaban J connectivity index is 1.87. The molecule has 2 amide bonds. The van der Waals surface area contributed by atoms with E-state index >= 15 is 0 Å². The first kappa shape index (κ1) is 21.9. The van der Waals surface area contributed by atoms with Gasteiger partial charge in [-0.2, -0.15) is 0 Å². The van der Waals surface area contributed by atoms with Crippen molar-refractivity contribution in [3.05, 3.63) is 53.8 Å². The van der Waals surface area contributed by atoms with Gasteiger partial charge in [0, 0.05) is 45.0 Å². The van der Waals surface area contributed by atoms with Crippen LogP contribution in [0.3, 0.4) is 0 Å². The molecule has 1 saturated heterocycles. The molecule has 30 heavy (non-hydrogen) atoms. The van der Waals surface area contributed by atoms with Gasteiger partial charge in [-0.15, -0.1) is 6.58 Å². The SMILES string of the molecule is C=CCN1CCN(CC2=C(C(=O)OCC)[C@H](c3ccc(OC)cc3)NC(=O)N2)CC1. The molecular formula is C22H30N4O4. The average Bonchev–Trinajstić information content (AvgIpc) is 2.75. The lowest BCUT2D eigenvalue weighted by Gasteiger charge is -2.36. The van der Waals surface area contributed by atoms with Crippen LogP contribution >= 0.6 is 0 Å². The third-order valence-electron chi connectivity index (χ3n) is 5.33. The van der Waals surface area contributed by atoms with Crippen LogP contribution in [-0.4, -0.2) is 74.8 Å². The Labute approximate surface area is 177 Å². The third-order valence-corrected chi connectivity index (χ3v) is 5.33. The molecule has 1 aromatic rings. The highest BCUT2D eigenvalue weighted by atomic mass is 16.5. The Bertz CT molecular complexity index is 798.